The minimum absolute atomic E-state index is 0.500. The summed E-state index contributed by atoms with van der Waals surface area (Å²) in [6, 6.07) is 0. The van der Waals surface area contributed by atoms with Gasteiger partial charge in [0.05, 0.1) is 19.3 Å². The number of aliphatic hydroxyl groups excluding tert-OH is 2. The Morgan fingerprint density at radius 1 is 0.758 bits per heavy atom. The maximum Gasteiger partial charge on any atom is 0.312 e. The molecular weight excluding hydrogens is 462 g/mol. The number of hydroxylamine groups is 6. The number of hydrogen-bond donors (Lipinski definition) is 8. The quantitative estimate of drug-likeness (QED) is 0.0678. The molecule has 0 saturated carbocycles. The number of nitrogens with one attached hydrogen (secondary N) is 3. The molecular formula is C15H27N3O15. The van der Waals surface area contributed by atoms with Gasteiger partial charge in [0.2, 0.25) is 0 Å². The van der Waals surface area contributed by atoms with Crippen molar-refractivity contribution in [3.05, 3.63) is 15.6 Å². The number of quaternary nitrogens is 3. The molecule has 8 N–H and O–H groups in total. The summed E-state index contributed by atoms with van der Waals surface area (Å²) in [6.07, 6.45) is -10.6. The average molecular weight is 489 g/mol. The molecule has 0 amide bonds. The van der Waals surface area contributed by atoms with E-state index in [2.05, 4.69) is 0 Å². The lowest BCUT2D eigenvalue weighted by Crippen LogP contribution is -3.04. The second-order valence-corrected chi connectivity index (χ2v) is 6.83. The van der Waals surface area contributed by atoms with Gasteiger partial charge in [-0.25, -0.2) is 31.3 Å². The Labute approximate surface area is 185 Å². The number of ether oxygens (including phenoxy) is 4. The van der Waals surface area contributed by atoms with E-state index in [0.717, 1.165) is 0 Å². The summed E-state index contributed by atoms with van der Waals surface area (Å²) in [7, 11) is 0. The van der Waals surface area contributed by atoms with Crippen LogP contribution in [0.2, 0.25) is 0 Å². The molecule has 1 rings (SSSR count). The summed E-state index contributed by atoms with van der Waals surface area (Å²) in [4.78, 5) is 35.4. The monoisotopic (exact) mass is 489 g/mol. The molecule has 0 aliphatic carbocycles. The first-order valence-electron chi connectivity index (χ1n) is 9.62. The van der Waals surface area contributed by atoms with Crippen LogP contribution >= 0.6 is 0 Å². The molecule has 0 aromatic rings. The summed E-state index contributed by atoms with van der Waals surface area (Å²) in [5.41, 5.74) is 0. The molecule has 1 saturated heterocycles. The van der Waals surface area contributed by atoms with Crippen molar-refractivity contribution in [3.8, 4) is 0 Å². The lowest BCUT2D eigenvalue weighted by atomic mass is 9.98. The van der Waals surface area contributed by atoms with Gasteiger partial charge in [-0.3, -0.25) is 14.4 Å². The maximum absolute atomic E-state index is 11.9. The first-order chi connectivity index (χ1) is 15.4. The van der Waals surface area contributed by atoms with E-state index < -0.39 is 110 Å². The molecule has 33 heavy (non-hydrogen) atoms. The minimum atomic E-state index is -1.99. The highest BCUT2D eigenvalue weighted by atomic mass is 16.8. The number of aliphatic hydroxyl groups is 2. The zero-order valence-corrected chi connectivity index (χ0v) is 17.2. The van der Waals surface area contributed by atoms with Crippen LogP contribution in [0, 0.1) is 15.6 Å². The van der Waals surface area contributed by atoms with E-state index in [-0.39, 0.29) is 0 Å². The van der Waals surface area contributed by atoms with E-state index in [1.807, 2.05) is 0 Å². The van der Waals surface area contributed by atoms with Crippen LogP contribution in [0.15, 0.2) is 0 Å². The second kappa shape index (κ2) is 14.2. The molecule has 8 atom stereocenters. The topological polar surface area (TPSA) is 272 Å². The average Bonchev–Trinajstić information content (AvgIpc) is 2.72. The molecule has 192 valence electrons. The predicted octanol–water partition coefficient (Wildman–Crippen LogP) is -7.08. The molecule has 18 heteroatoms. The van der Waals surface area contributed by atoms with E-state index in [0.29, 0.717) is 0 Å². The van der Waals surface area contributed by atoms with E-state index in [1.165, 1.54) is 0 Å². The second-order valence-electron chi connectivity index (χ2n) is 6.83. The van der Waals surface area contributed by atoms with Crippen LogP contribution in [0.5, 0.6) is 0 Å². The molecule has 0 aromatic heterocycles. The van der Waals surface area contributed by atoms with Crippen LogP contribution in [0.1, 0.15) is 19.3 Å². The van der Waals surface area contributed by atoms with Gasteiger partial charge >= 0.3 is 17.9 Å². The molecule has 1 aliphatic heterocycles. The number of carbonyl (C=O) groups excluding carboxylic acids is 3. The normalized spacial score (nSPS) is 27.8. The van der Waals surface area contributed by atoms with Crippen molar-refractivity contribution in [1.29, 1.82) is 0 Å². The van der Waals surface area contributed by atoms with E-state index in [4.69, 9.17) is 34.6 Å². The highest BCUT2D eigenvalue weighted by molar-refractivity contribution is 5.70. The Bertz CT molecular complexity index is 632. The SMILES string of the molecule is O=C(CC[NH+]([O-])O)OC[C@H]1O[C@H](O)[C@H](OC(=O)CC[NH+]([O-])O)[C@@H](O)[C@@H]1OC(=O)CC[NH+]([O-])O. The van der Waals surface area contributed by atoms with E-state index in [1.54, 1.807) is 0 Å². The van der Waals surface area contributed by atoms with Gasteiger partial charge in [-0.1, -0.05) is 0 Å². The van der Waals surface area contributed by atoms with Crippen molar-refractivity contribution in [1.82, 2.24) is 0 Å². The van der Waals surface area contributed by atoms with Crippen molar-refractivity contribution in [2.75, 3.05) is 26.2 Å². The van der Waals surface area contributed by atoms with Crippen molar-refractivity contribution in [3.63, 3.8) is 0 Å². The van der Waals surface area contributed by atoms with Gasteiger partial charge in [0.25, 0.3) is 0 Å². The molecule has 1 aliphatic rings. The fourth-order valence-corrected chi connectivity index (χ4v) is 2.61. The molecule has 1 heterocycles. The van der Waals surface area contributed by atoms with Gasteiger partial charge in [0, 0.05) is 0 Å². The smallest absolute Gasteiger partial charge is 0.312 e. The van der Waals surface area contributed by atoms with Crippen LogP contribution < -0.4 is 15.7 Å². The Morgan fingerprint density at radius 2 is 1.18 bits per heavy atom. The van der Waals surface area contributed by atoms with Crippen molar-refractivity contribution in [2.45, 2.75) is 50.0 Å². The maximum atomic E-state index is 11.9. The van der Waals surface area contributed by atoms with Gasteiger partial charge < -0.3 is 44.8 Å². The number of hydrogen-bond acceptors (Lipinski definition) is 15. The lowest BCUT2D eigenvalue weighted by Gasteiger charge is -2.41. The first-order valence-corrected chi connectivity index (χ1v) is 9.62. The van der Waals surface area contributed by atoms with Crippen LogP contribution in [0.3, 0.4) is 0 Å². The summed E-state index contributed by atoms with van der Waals surface area (Å²) in [5, 5.41) is 74.3. The van der Waals surface area contributed by atoms with E-state index in [9.17, 15) is 40.2 Å². The summed E-state index contributed by atoms with van der Waals surface area (Å²) in [5.74, 6) is -3.18. The molecule has 0 spiro atoms. The third kappa shape index (κ3) is 11.1. The molecule has 0 radical (unpaired) electrons. The third-order valence-electron chi connectivity index (χ3n) is 4.21. The molecule has 0 aromatic carbocycles. The van der Waals surface area contributed by atoms with Crippen molar-refractivity contribution >= 4 is 17.9 Å². The van der Waals surface area contributed by atoms with Gasteiger partial charge in [-0.15, -0.1) is 0 Å². The van der Waals surface area contributed by atoms with Crippen LogP contribution in [-0.4, -0.2) is 101 Å². The summed E-state index contributed by atoms with van der Waals surface area (Å²) >= 11 is 0. The largest absolute Gasteiger partial charge is 0.600 e. The van der Waals surface area contributed by atoms with E-state index >= 15 is 0 Å². The zero-order chi connectivity index (χ0) is 25.1. The van der Waals surface area contributed by atoms with Gasteiger partial charge in [-0.05, 0) is 0 Å². The van der Waals surface area contributed by atoms with Crippen LogP contribution in [-0.2, 0) is 33.3 Å². The predicted molar refractivity (Wildman–Crippen MR) is 94.4 cm³/mol. The molecule has 1 fully saturated rings. The van der Waals surface area contributed by atoms with Gasteiger partial charge in [0.15, 0.2) is 18.5 Å². The Morgan fingerprint density at radius 3 is 1.64 bits per heavy atom. The Kier molecular flexibility index (Phi) is 12.5. The van der Waals surface area contributed by atoms with Gasteiger partial charge in [-0.2, -0.15) is 0 Å². The zero-order valence-electron chi connectivity index (χ0n) is 17.2. The highest BCUT2D eigenvalue weighted by Crippen LogP contribution is 2.26. The molecule has 3 unspecified atom stereocenters. The summed E-state index contributed by atoms with van der Waals surface area (Å²) in [6.45, 7) is -2.44. The Hall–Kier alpha value is -2.07. The Balaban J connectivity index is 2.86. The van der Waals surface area contributed by atoms with Crippen molar-refractivity contribution < 1.29 is 74.8 Å². The fraction of sp³-hybridized carbons (Fsp3) is 0.800. The lowest BCUT2D eigenvalue weighted by molar-refractivity contribution is -1.05. The minimum Gasteiger partial charge on any atom is -0.600 e. The standard InChI is InChI=1S/C15H27N3O15/c19-9(1-4-16(24)25)30-7-8-13(32-10(20)2-5-17(26)27)12(22)14(15(23)31-8)33-11(21)3-6-18(28)29/h8,12-18,22-24,26,28H,1-7H2/t8-,12+,13-,14-,15+/m1/s1. The first kappa shape index (κ1) is 29.0. The summed E-state index contributed by atoms with van der Waals surface area (Å²) < 4.78 is 19.8. The molecule has 0 bridgehead atoms. The fourth-order valence-electron chi connectivity index (χ4n) is 2.61. The third-order valence-corrected chi connectivity index (χ3v) is 4.21. The van der Waals surface area contributed by atoms with Crippen molar-refractivity contribution in [2.24, 2.45) is 0 Å². The highest BCUT2D eigenvalue weighted by Gasteiger charge is 2.49. The van der Waals surface area contributed by atoms with Crippen LogP contribution in [0.4, 0.5) is 0 Å². The van der Waals surface area contributed by atoms with Crippen LogP contribution in [0.25, 0.3) is 0 Å². The van der Waals surface area contributed by atoms with Gasteiger partial charge in [0.1, 0.15) is 38.4 Å². The molecule has 18 nitrogen and oxygen atoms in total. The number of carbonyl (C=O) groups is 3. The number of esters is 3. The number of rotatable bonds is 13.